The zero-order chi connectivity index (χ0) is 27.6. The maximum atomic E-state index is 13.5. The third kappa shape index (κ3) is 6.13. The molecule has 0 bridgehead atoms. The van der Waals surface area contributed by atoms with Crippen molar-refractivity contribution in [2.24, 2.45) is 5.92 Å². The Balaban J connectivity index is 1.32. The van der Waals surface area contributed by atoms with E-state index in [0.29, 0.717) is 55.7 Å². The molecule has 2 amide bonds. The van der Waals surface area contributed by atoms with Crippen LogP contribution in [0.15, 0.2) is 41.2 Å². The zero-order valence-electron chi connectivity index (χ0n) is 22.7. The van der Waals surface area contributed by atoms with Crippen molar-refractivity contribution >= 4 is 17.8 Å². The molecule has 5 rings (SSSR count). The predicted octanol–water partition coefficient (Wildman–Crippen LogP) is 3.29. The van der Waals surface area contributed by atoms with Crippen LogP contribution in [0, 0.1) is 5.92 Å². The van der Waals surface area contributed by atoms with Crippen LogP contribution in [0.1, 0.15) is 58.6 Å². The number of ether oxygens (including phenoxy) is 2. The number of nitrogens with one attached hydrogen (secondary N) is 2. The lowest BCUT2D eigenvalue weighted by molar-refractivity contribution is -0.157. The summed E-state index contributed by atoms with van der Waals surface area (Å²) in [7, 11) is 0. The maximum Gasteiger partial charge on any atom is 0.410 e. The Labute approximate surface area is 226 Å². The summed E-state index contributed by atoms with van der Waals surface area (Å²) in [4.78, 5) is 48.1. The van der Waals surface area contributed by atoms with Gasteiger partial charge in [0.1, 0.15) is 5.60 Å². The number of nitrogens with zero attached hydrogens (tertiary/aromatic N) is 4. The molecule has 2 fully saturated rings. The summed E-state index contributed by atoms with van der Waals surface area (Å²) < 4.78 is 13.0. The Morgan fingerprint density at radius 3 is 2.51 bits per heavy atom. The summed E-state index contributed by atoms with van der Waals surface area (Å²) in [6, 6.07) is 10.8. The fourth-order valence-corrected chi connectivity index (χ4v) is 4.85. The highest BCUT2D eigenvalue weighted by Gasteiger charge is 2.44. The van der Waals surface area contributed by atoms with Crippen LogP contribution in [0.2, 0.25) is 0 Å². The Hall–Kier alpha value is -3.73. The number of carbonyl (C=O) groups excluding carboxylic acids is 2. The summed E-state index contributed by atoms with van der Waals surface area (Å²) in [5.41, 5.74) is -0.797. The number of rotatable bonds is 7. The number of aromatic amines is 1. The number of carbonyl (C=O) groups is 2. The number of amides is 2. The van der Waals surface area contributed by atoms with Crippen LogP contribution in [0.3, 0.4) is 0 Å². The molecule has 1 aromatic carbocycles. The molecule has 2 aromatic heterocycles. The molecule has 0 radical (unpaired) electrons. The maximum absolute atomic E-state index is 13.5. The average Bonchev–Trinajstić information content (AvgIpc) is 3.31. The fraction of sp³-hybridized carbons (Fsp3) is 0.536. The third-order valence-electron chi connectivity index (χ3n) is 7.33. The molecule has 0 atom stereocenters. The molecule has 39 heavy (non-hydrogen) atoms. The Morgan fingerprint density at radius 1 is 1.15 bits per heavy atom. The van der Waals surface area contributed by atoms with E-state index >= 15 is 0 Å². The van der Waals surface area contributed by atoms with Gasteiger partial charge in [0.25, 0.3) is 11.5 Å². The zero-order valence-corrected chi connectivity index (χ0v) is 22.7. The number of H-pyrrole nitrogens is 1. The van der Waals surface area contributed by atoms with E-state index in [1.54, 1.807) is 4.90 Å². The van der Waals surface area contributed by atoms with Crippen molar-refractivity contribution in [3.8, 4) is 11.4 Å². The van der Waals surface area contributed by atoms with E-state index < -0.39 is 17.3 Å². The largest absolute Gasteiger partial charge is 0.444 e. The van der Waals surface area contributed by atoms with Gasteiger partial charge in [-0.15, -0.1) is 5.10 Å². The number of benzene rings is 1. The lowest BCUT2D eigenvalue weighted by atomic mass is 9.84. The van der Waals surface area contributed by atoms with Crippen LogP contribution < -0.4 is 10.9 Å². The Bertz CT molecular complexity index is 1380. The van der Waals surface area contributed by atoms with E-state index in [-0.39, 0.29) is 18.1 Å². The molecule has 1 aliphatic heterocycles. The van der Waals surface area contributed by atoms with Crippen LogP contribution in [0.5, 0.6) is 0 Å². The minimum atomic E-state index is -1.13. The van der Waals surface area contributed by atoms with Gasteiger partial charge in [0.15, 0.2) is 11.4 Å². The number of hydrogen-bond donors (Lipinski definition) is 2. The molecule has 11 nitrogen and oxygen atoms in total. The molecule has 2 aliphatic rings. The molecule has 208 valence electrons. The van der Waals surface area contributed by atoms with Gasteiger partial charge in [0, 0.05) is 49.8 Å². The average molecular weight is 537 g/mol. The first-order valence-corrected chi connectivity index (χ1v) is 13.6. The van der Waals surface area contributed by atoms with Gasteiger partial charge < -0.3 is 24.7 Å². The first kappa shape index (κ1) is 26.9. The lowest BCUT2D eigenvalue weighted by Gasteiger charge is -2.41. The van der Waals surface area contributed by atoms with Crippen molar-refractivity contribution in [3.05, 3.63) is 52.4 Å². The van der Waals surface area contributed by atoms with Crippen LogP contribution in [0.25, 0.3) is 17.2 Å². The van der Waals surface area contributed by atoms with E-state index in [2.05, 4.69) is 20.4 Å². The molecule has 0 unspecified atom stereocenters. The molecule has 0 spiro atoms. The van der Waals surface area contributed by atoms with E-state index in [1.807, 2.05) is 51.1 Å². The van der Waals surface area contributed by atoms with E-state index in [0.717, 1.165) is 18.4 Å². The fourth-order valence-electron chi connectivity index (χ4n) is 4.85. The number of likely N-dealkylation sites (tertiary alicyclic amines) is 1. The molecule has 11 heteroatoms. The number of hydrogen-bond acceptors (Lipinski definition) is 7. The second-order valence-electron chi connectivity index (χ2n) is 11.4. The normalized spacial score (nSPS) is 17.6. The van der Waals surface area contributed by atoms with Gasteiger partial charge >= 0.3 is 6.09 Å². The van der Waals surface area contributed by atoms with Gasteiger partial charge in [-0.2, -0.15) is 9.50 Å². The molecule has 2 N–H and O–H groups in total. The summed E-state index contributed by atoms with van der Waals surface area (Å²) >= 11 is 0. The van der Waals surface area contributed by atoms with Crippen LogP contribution >= 0.6 is 0 Å². The Morgan fingerprint density at radius 2 is 1.87 bits per heavy atom. The van der Waals surface area contributed by atoms with Crippen LogP contribution in [-0.2, 0) is 20.9 Å². The van der Waals surface area contributed by atoms with Gasteiger partial charge in [-0.3, -0.25) is 9.59 Å². The quantitative estimate of drug-likeness (QED) is 0.474. The van der Waals surface area contributed by atoms with Gasteiger partial charge in [-0.25, -0.2) is 4.79 Å². The lowest BCUT2D eigenvalue weighted by Crippen LogP contribution is -2.57. The summed E-state index contributed by atoms with van der Waals surface area (Å²) in [5.74, 6) is 1.04. The summed E-state index contributed by atoms with van der Waals surface area (Å²) in [5, 5.41) is 7.41. The van der Waals surface area contributed by atoms with Gasteiger partial charge in [-0.05, 0) is 39.5 Å². The van der Waals surface area contributed by atoms with Crippen molar-refractivity contribution in [1.82, 2.24) is 29.8 Å². The molecule has 1 saturated carbocycles. The van der Waals surface area contributed by atoms with E-state index in [4.69, 9.17) is 9.47 Å². The van der Waals surface area contributed by atoms with Crippen molar-refractivity contribution in [1.29, 1.82) is 0 Å². The Kier molecular flexibility index (Phi) is 7.44. The molecule has 1 aliphatic carbocycles. The number of fused-ring (bicyclic) bond motifs is 1. The molecule has 3 heterocycles. The number of piperidine rings is 1. The predicted molar refractivity (Wildman–Crippen MR) is 144 cm³/mol. The summed E-state index contributed by atoms with van der Waals surface area (Å²) in [6.07, 6.45) is 3.66. The topological polar surface area (TPSA) is 131 Å². The van der Waals surface area contributed by atoms with Crippen LogP contribution in [-0.4, -0.2) is 67.3 Å². The highest BCUT2D eigenvalue weighted by Crippen LogP contribution is 2.30. The monoisotopic (exact) mass is 536 g/mol. The minimum absolute atomic E-state index is 0.00254. The molecule has 1 saturated heterocycles. The van der Waals surface area contributed by atoms with Crippen molar-refractivity contribution in [2.45, 2.75) is 70.7 Å². The van der Waals surface area contributed by atoms with Gasteiger partial charge in [0.2, 0.25) is 5.78 Å². The van der Waals surface area contributed by atoms with E-state index in [1.165, 1.54) is 17.0 Å². The van der Waals surface area contributed by atoms with Crippen LogP contribution in [0.4, 0.5) is 4.79 Å². The summed E-state index contributed by atoms with van der Waals surface area (Å²) in [6.45, 7) is 6.74. The van der Waals surface area contributed by atoms with Crippen molar-refractivity contribution < 1.29 is 19.1 Å². The first-order valence-electron chi connectivity index (χ1n) is 13.6. The minimum Gasteiger partial charge on any atom is -0.444 e. The highest BCUT2D eigenvalue weighted by atomic mass is 16.6. The molecular formula is C28H36N6O5. The second kappa shape index (κ2) is 10.8. The standard InChI is InChI=1S/C28H36N6O5/c1-27(2,3)39-26(37)33-14-12-28(13-15-33,24(36)29-17-19-8-7-9-19)38-18-21-16-22(35)34-25(30-21)31-23(32-34)20-10-5-4-6-11-20/h4-6,10-11,16,19H,7-9,12-15,17-18H2,1-3H3,(H,29,36)(H,30,31,32). The highest BCUT2D eigenvalue weighted by molar-refractivity contribution is 5.85. The SMILES string of the molecule is CC(C)(C)OC(=O)N1CCC(OCc2cc(=O)n3nc(-c4ccccc4)nc3[nH]2)(C(=O)NCC2CCC2)CC1. The molecule has 3 aromatic rings. The third-order valence-corrected chi connectivity index (χ3v) is 7.33. The van der Waals surface area contributed by atoms with Gasteiger partial charge in [-0.1, -0.05) is 36.8 Å². The van der Waals surface area contributed by atoms with Gasteiger partial charge in [0.05, 0.1) is 6.61 Å². The molecular weight excluding hydrogens is 500 g/mol. The first-order chi connectivity index (χ1) is 18.6. The number of aromatic nitrogens is 4. The van der Waals surface area contributed by atoms with Crippen molar-refractivity contribution in [3.63, 3.8) is 0 Å². The van der Waals surface area contributed by atoms with Crippen molar-refractivity contribution in [2.75, 3.05) is 19.6 Å². The van der Waals surface area contributed by atoms with E-state index in [9.17, 15) is 14.4 Å². The smallest absolute Gasteiger partial charge is 0.410 e. The second-order valence-corrected chi connectivity index (χ2v) is 11.4.